The summed E-state index contributed by atoms with van der Waals surface area (Å²) in [4.78, 5) is 25.5. The summed E-state index contributed by atoms with van der Waals surface area (Å²) >= 11 is 0. The second-order valence-corrected chi connectivity index (χ2v) is 8.93. The normalized spacial score (nSPS) is 23.9. The summed E-state index contributed by atoms with van der Waals surface area (Å²) in [5.41, 5.74) is 5.92. The molecule has 10 nitrogen and oxygen atoms in total. The van der Waals surface area contributed by atoms with E-state index in [0.717, 1.165) is 0 Å². The highest BCUT2D eigenvalue weighted by Gasteiger charge is 2.47. The second-order valence-electron chi connectivity index (χ2n) is 8.93. The van der Waals surface area contributed by atoms with Gasteiger partial charge < -0.3 is 25.8 Å². The first-order valence-electron chi connectivity index (χ1n) is 10.6. The third kappa shape index (κ3) is 4.47. The zero-order chi connectivity index (χ0) is 23.8. The van der Waals surface area contributed by atoms with Crippen molar-refractivity contribution in [1.29, 1.82) is 5.26 Å². The quantitative estimate of drug-likeness (QED) is 0.605. The molecule has 3 atom stereocenters. The number of nitriles is 1. The molecule has 1 aromatic heterocycles. The Morgan fingerprint density at radius 3 is 2.64 bits per heavy atom. The van der Waals surface area contributed by atoms with Gasteiger partial charge in [-0.25, -0.2) is 9.18 Å². The highest BCUT2D eigenvalue weighted by molar-refractivity contribution is 5.98. The highest BCUT2D eigenvalue weighted by atomic mass is 19.1. The van der Waals surface area contributed by atoms with Crippen LogP contribution in [0, 0.1) is 28.5 Å². The van der Waals surface area contributed by atoms with Gasteiger partial charge in [0.05, 0.1) is 37.3 Å². The number of primary amides is 1. The molecule has 2 amide bonds. The van der Waals surface area contributed by atoms with Crippen LogP contribution in [0.25, 0.3) is 0 Å². The molecule has 1 unspecified atom stereocenters. The van der Waals surface area contributed by atoms with Gasteiger partial charge in [-0.15, -0.1) is 0 Å². The van der Waals surface area contributed by atoms with Crippen molar-refractivity contribution in [3.05, 3.63) is 41.8 Å². The molecule has 0 radical (unpaired) electrons. The number of carboxylic acid groups (broad SMARTS) is 1. The molecule has 11 heteroatoms. The van der Waals surface area contributed by atoms with Crippen molar-refractivity contribution in [2.75, 3.05) is 25.1 Å². The van der Waals surface area contributed by atoms with Crippen molar-refractivity contribution in [2.24, 2.45) is 17.1 Å². The lowest BCUT2D eigenvalue weighted by molar-refractivity contribution is -0.121. The minimum absolute atomic E-state index is 0.0837. The van der Waals surface area contributed by atoms with Crippen LogP contribution in [0.1, 0.15) is 36.2 Å². The summed E-state index contributed by atoms with van der Waals surface area (Å²) in [7, 11) is 0. The average molecular weight is 456 g/mol. The number of nitrogens with zero attached hydrogens (tertiary/aromatic N) is 4. The molecule has 0 bridgehead atoms. The summed E-state index contributed by atoms with van der Waals surface area (Å²) in [5.74, 6) is -1.52. The molecule has 2 saturated heterocycles. The SMILES string of the molecule is CC1(CC2[C@@H](n3cc(C(N)=O)c(Nc4ccc(F)cc4)n3)[C@H](C#N)CCN2C(=O)O)COC1. The lowest BCUT2D eigenvalue weighted by Gasteiger charge is -2.48. The first-order valence-corrected chi connectivity index (χ1v) is 10.6. The molecular formula is C22H25FN6O4. The molecule has 0 saturated carbocycles. The largest absolute Gasteiger partial charge is 0.465 e. The predicted octanol–water partition coefficient (Wildman–Crippen LogP) is 2.72. The number of carbonyl (C=O) groups excluding carboxylic acids is 1. The molecular weight excluding hydrogens is 431 g/mol. The number of aromatic nitrogens is 2. The van der Waals surface area contributed by atoms with Gasteiger partial charge in [0, 0.05) is 23.8 Å². The smallest absolute Gasteiger partial charge is 0.407 e. The topological polar surface area (TPSA) is 146 Å². The van der Waals surface area contributed by atoms with E-state index >= 15 is 0 Å². The predicted molar refractivity (Wildman–Crippen MR) is 115 cm³/mol. The molecule has 4 N–H and O–H groups in total. The number of nitrogens with one attached hydrogen (secondary N) is 1. The fourth-order valence-corrected chi connectivity index (χ4v) is 4.60. The van der Waals surface area contributed by atoms with Crippen molar-refractivity contribution in [1.82, 2.24) is 14.7 Å². The second kappa shape index (κ2) is 8.71. The maximum absolute atomic E-state index is 13.3. The molecule has 174 valence electrons. The number of hydrogen-bond acceptors (Lipinski definition) is 6. The first kappa shape index (κ1) is 22.5. The van der Waals surface area contributed by atoms with Gasteiger partial charge in [0.1, 0.15) is 11.4 Å². The zero-order valence-electron chi connectivity index (χ0n) is 18.1. The van der Waals surface area contributed by atoms with Gasteiger partial charge in [-0.3, -0.25) is 9.48 Å². The minimum Gasteiger partial charge on any atom is -0.465 e. The maximum atomic E-state index is 13.3. The van der Waals surface area contributed by atoms with Crippen LogP contribution in [0.3, 0.4) is 0 Å². The number of halogens is 1. The molecule has 2 aliphatic heterocycles. The lowest BCUT2D eigenvalue weighted by atomic mass is 9.75. The number of piperidine rings is 1. The molecule has 0 spiro atoms. The third-order valence-corrected chi connectivity index (χ3v) is 6.31. The number of benzene rings is 1. The molecule has 33 heavy (non-hydrogen) atoms. The van der Waals surface area contributed by atoms with E-state index in [1.165, 1.54) is 40.0 Å². The Kier molecular flexibility index (Phi) is 5.95. The van der Waals surface area contributed by atoms with Crippen molar-refractivity contribution in [3.8, 4) is 6.07 Å². The number of rotatable bonds is 6. The van der Waals surface area contributed by atoms with E-state index in [1.54, 1.807) is 0 Å². The van der Waals surface area contributed by atoms with Crippen LogP contribution in [-0.4, -0.2) is 57.6 Å². The number of hydrogen-bond donors (Lipinski definition) is 3. The zero-order valence-corrected chi connectivity index (χ0v) is 18.1. The van der Waals surface area contributed by atoms with Crippen LogP contribution in [0.15, 0.2) is 30.5 Å². The monoisotopic (exact) mass is 456 g/mol. The van der Waals surface area contributed by atoms with E-state index in [9.17, 15) is 24.3 Å². The van der Waals surface area contributed by atoms with Gasteiger partial charge in [0.25, 0.3) is 5.91 Å². The van der Waals surface area contributed by atoms with Crippen LogP contribution in [0.4, 0.5) is 20.7 Å². The Bertz CT molecular complexity index is 1090. The van der Waals surface area contributed by atoms with Gasteiger partial charge >= 0.3 is 6.09 Å². The number of likely N-dealkylation sites (tertiary alicyclic amines) is 1. The number of anilines is 2. The van der Waals surface area contributed by atoms with Crippen molar-refractivity contribution in [3.63, 3.8) is 0 Å². The maximum Gasteiger partial charge on any atom is 0.407 e. The average Bonchev–Trinajstić information content (AvgIpc) is 3.17. The molecule has 2 aromatic rings. The Morgan fingerprint density at radius 2 is 2.09 bits per heavy atom. The van der Waals surface area contributed by atoms with E-state index in [1.807, 2.05) is 6.92 Å². The van der Waals surface area contributed by atoms with Gasteiger partial charge in [-0.2, -0.15) is 10.4 Å². The fourth-order valence-electron chi connectivity index (χ4n) is 4.60. The summed E-state index contributed by atoms with van der Waals surface area (Å²) in [6.45, 7) is 3.26. The standard InChI is InChI=1S/C22H25FN6O4/c1-22(11-33-12-22)8-17-18(13(9-24)6-7-28(17)21(31)32)29-10-16(19(25)30)20(27-29)26-15-4-2-14(23)3-5-15/h2-5,10,13,17-18H,6-8,11-12H2,1H3,(H2,25,30)(H,26,27)(H,31,32)/t13-,17?,18-/m0/s1. The van der Waals surface area contributed by atoms with E-state index in [-0.39, 0.29) is 23.3 Å². The number of carbonyl (C=O) groups is 2. The van der Waals surface area contributed by atoms with Crippen LogP contribution in [0.2, 0.25) is 0 Å². The number of nitrogens with two attached hydrogens (primary N) is 1. The highest BCUT2D eigenvalue weighted by Crippen LogP contribution is 2.42. The molecule has 4 rings (SSSR count). The number of ether oxygens (including phenoxy) is 1. The summed E-state index contributed by atoms with van der Waals surface area (Å²) in [6.07, 6.45) is 1.19. The molecule has 1 aromatic carbocycles. The van der Waals surface area contributed by atoms with E-state index in [0.29, 0.717) is 31.7 Å². The van der Waals surface area contributed by atoms with Crippen LogP contribution >= 0.6 is 0 Å². The Morgan fingerprint density at radius 1 is 1.39 bits per heavy atom. The minimum atomic E-state index is -1.07. The lowest BCUT2D eigenvalue weighted by Crippen LogP contribution is -2.55. The molecule has 2 aliphatic rings. The van der Waals surface area contributed by atoms with Crippen LogP contribution < -0.4 is 11.1 Å². The van der Waals surface area contributed by atoms with Crippen molar-refractivity contribution < 1.29 is 23.8 Å². The van der Waals surface area contributed by atoms with E-state index in [4.69, 9.17) is 10.5 Å². The van der Waals surface area contributed by atoms with Gasteiger partial charge in [0.2, 0.25) is 0 Å². The number of amides is 2. The van der Waals surface area contributed by atoms with Gasteiger partial charge in [0.15, 0.2) is 5.82 Å². The van der Waals surface area contributed by atoms with Crippen LogP contribution in [0.5, 0.6) is 0 Å². The molecule has 0 aliphatic carbocycles. The molecule has 2 fully saturated rings. The van der Waals surface area contributed by atoms with Gasteiger partial charge in [-0.1, -0.05) is 6.92 Å². The third-order valence-electron chi connectivity index (χ3n) is 6.31. The Hall–Kier alpha value is -3.65. The summed E-state index contributed by atoms with van der Waals surface area (Å²) in [5, 5.41) is 27.2. The van der Waals surface area contributed by atoms with Crippen molar-refractivity contribution in [2.45, 2.75) is 31.8 Å². The van der Waals surface area contributed by atoms with Gasteiger partial charge in [-0.05, 0) is 37.1 Å². The Labute approximate surface area is 189 Å². The first-order chi connectivity index (χ1) is 15.7. The molecule has 3 heterocycles. The summed E-state index contributed by atoms with van der Waals surface area (Å²) < 4.78 is 20.1. The van der Waals surface area contributed by atoms with Crippen molar-refractivity contribution >= 4 is 23.5 Å². The van der Waals surface area contributed by atoms with E-state index < -0.39 is 35.8 Å². The van der Waals surface area contributed by atoms with E-state index in [2.05, 4.69) is 16.5 Å². The Balaban J connectivity index is 1.73. The van der Waals surface area contributed by atoms with Crippen LogP contribution in [-0.2, 0) is 4.74 Å². The summed E-state index contributed by atoms with van der Waals surface area (Å²) in [6, 6.07) is 6.62. The fraction of sp³-hybridized carbons (Fsp3) is 0.455.